The maximum Gasteiger partial charge on any atom is 0.250 e. The number of hydrogen-bond acceptors (Lipinski definition) is 7. The fourth-order valence-electron chi connectivity index (χ4n) is 3.72. The zero-order chi connectivity index (χ0) is 26.9. The third-order valence-electron chi connectivity index (χ3n) is 5.57. The lowest BCUT2D eigenvalue weighted by atomic mass is 10.2. The highest BCUT2D eigenvalue weighted by Crippen LogP contribution is 2.29. The fraction of sp³-hybridized carbons (Fsp3) is 0.0667. The van der Waals surface area contributed by atoms with E-state index in [-0.39, 0.29) is 11.7 Å². The number of thioether (sulfide) groups is 1. The van der Waals surface area contributed by atoms with Crippen molar-refractivity contribution in [3.8, 4) is 34.3 Å². The molecule has 0 aliphatic rings. The van der Waals surface area contributed by atoms with E-state index in [2.05, 4.69) is 20.7 Å². The van der Waals surface area contributed by atoms with Crippen LogP contribution in [0.3, 0.4) is 0 Å². The minimum Gasteiger partial charge on any atom is -0.497 e. The molecule has 1 N–H and O–H groups in total. The highest BCUT2D eigenvalue weighted by atomic mass is 32.2. The summed E-state index contributed by atoms with van der Waals surface area (Å²) in [7, 11) is 1.63. The van der Waals surface area contributed by atoms with Crippen molar-refractivity contribution in [2.45, 2.75) is 5.16 Å². The van der Waals surface area contributed by atoms with E-state index in [0.29, 0.717) is 16.7 Å². The van der Waals surface area contributed by atoms with E-state index in [1.807, 2.05) is 114 Å². The number of nitrogens with one attached hydrogen (secondary N) is 1. The smallest absolute Gasteiger partial charge is 0.250 e. The third kappa shape index (κ3) is 6.71. The van der Waals surface area contributed by atoms with Gasteiger partial charge in [0.1, 0.15) is 17.2 Å². The maximum atomic E-state index is 12.6. The van der Waals surface area contributed by atoms with Gasteiger partial charge in [0.05, 0.1) is 19.1 Å². The molecule has 1 amide bonds. The molecule has 1 heterocycles. The van der Waals surface area contributed by atoms with Gasteiger partial charge in [-0.15, -0.1) is 10.2 Å². The van der Waals surface area contributed by atoms with Gasteiger partial charge in [0.15, 0.2) is 11.0 Å². The molecular weight excluding hydrogens is 510 g/mol. The van der Waals surface area contributed by atoms with Crippen molar-refractivity contribution in [2.24, 2.45) is 5.10 Å². The predicted octanol–water partition coefficient (Wildman–Crippen LogP) is 5.98. The zero-order valence-electron chi connectivity index (χ0n) is 21.1. The molecule has 0 unspecified atom stereocenters. The van der Waals surface area contributed by atoms with Gasteiger partial charge >= 0.3 is 0 Å². The number of aromatic nitrogens is 3. The first-order valence-corrected chi connectivity index (χ1v) is 13.1. The highest BCUT2D eigenvalue weighted by molar-refractivity contribution is 7.99. The van der Waals surface area contributed by atoms with Crippen LogP contribution in [-0.4, -0.2) is 39.7 Å². The second kappa shape index (κ2) is 12.6. The summed E-state index contributed by atoms with van der Waals surface area (Å²) in [5.74, 6) is 2.70. The molecule has 0 bridgehead atoms. The molecule has 0 aliphatic heterocycles. The number of benzene rings is 4. The number of carbonyl (C=O) groups excluding carboxylic acids is 1. The third-order valence-corrected chi connectivity index (χ3v) is 6.50. The molecule has 1 aromatic heterocycles. The summed E-state index contributed by atoms with van der Waals surface area (Å²) in [4.78, 5) is 12.6. The van der Waals surface area contributed by atoms with E-state index in [4.69, 9.17) is 9.47 Å². The SMILES string of the molecule is COc1ccc(-c2nnc(SCC(=O)N/N=C\c3cccc(Oc4ccccc4)c3)n2-c2ccccc2)cc1. The number of para-hydroxylation sites is 2. The summed E-state index contributed by atoms with van der Waals surface area (Å²) in [5, 5.41) is 13.5. The minimum atomic E-state index is -0.262. The van der Waals surface area contributed by atoms with Gasteiger partial charge in [-0.1, -0.05) is 60.3 Å². The Labute approximate surface area is 230 Å². The average molecular weight is 536 g/mol. The number of carbonyl (C=O) groups is 1. The molecular formula is C30H25N5O3S. The summed E-state index contributed by atoms with van der Waals surface area (Å²) >= 11 is 1.28. The van der Waals surface area contributed by atoms with Gasteiger partial charge in [-0.2, -0.15) is 5.10 Å². The Hall–Kier alpha value is -4.89. The topological polar surface area (TPSA) is 90.6 Å². The Balaban J connectivity index is 1.24. The van der Waals surface area contributed by atoms with Gasteiger partial charge in [-0.3, -0.25) is 9.36 Å². The maximum absolute atomic E-state index is 12.6. The van der Waals surface area contributed by atoms with Crippen molar-refractivity contribution in [2.75, 3.05) is 12.9 Å². The van der Waals surface area contributed by atoms with Crippen LogP contribution in [0.1, 0.15) is 5.56 Å². The van der Waals surface area contributed by atoms with E-state index in [9.17, 15) is 4.79 Å². The van der Waals surface area contributed by atoms with Crippen LogP contribution >= 0.6 is 11.8 Å². The van der Waals surface area contributed by atoms with Crippen LogP contribution in [-0.2, 0) is 4.79 Å². The molecule has 0 radical (unpaired) electrons. The molecule has 194 valence electrons. The second-order valence-corrected chi connectivity index (χ2v) is 9.22. The normalized spacial score (nSPS) is 10.9. The number of hydrogen-bond donors (Lipinski definition) is 1. The fourth-order valence-corrected chi connectivity index (χ4v) is 4.47. The van der Waals surface area contributed by atoms with Gasteiger partial charge in [0.2, 0.25) is 0 Å². The quantitative estimate of drug-likeness (QED) is 0.134. The monoisotopic (exact) mass is 535 g/mol. The second-order valence-electron chi connectivity index (χ2n) is 8.28. The van der Waals surface area contributed by atoms with Crippen LogP contribution < -0.4 is 14.9 Å². The molecule has 9 heteroatoms. The Morgan fingerprint density at radius 2 is 1.59 bits per heavy atom. The number of methoxy groups -OCH3 is 1. The molecule has 5 aromatic rings. The standard InChI is InChI=1S/C30H25N5O3S/c1-37-25-17-15-23(16-18-25)29-33-34-30(35(29)24-10-4-2-5-11-24)39-21-28(36)32-31-20-22-9-8-14-27(19-22)38-26-12-6-3-7-13-26/h2-20H,21H2,1H3,(H,32,36)/b31-20-. The Morgan fingerprint density at radius 3 is 2.33 bits per heavy atom. The first kappa shape index (κ1) is 25.7. The molecule has 39 heavy (non-hydrogen) atoms. The van der Waals surface area contributed by atoms with Crippen LogP contribution in [0.4, 0.5) is 0 Å². The van der Waals surface area contributed by atoms with E-state index in [0.717, 1.165) is 28.3 Å². The molecule has 0 fully saturated rings. The van der Waals surface area contributed by atoms with Gasteiger partial charge in [-0.05, 0) is 66.2 Å². The Kier molecular flexibility index (Phi) is 8.30. The summed E-state index contributed by atoms with van der Waals surface area (Å²) in [6.07, 6.45) is 1.58. The molecule has 0 saturated carbocycles. The van der Waals surface area contributed by atoms with E-state index >= 15 is 0 Å². The van der Waals surface area contributed by atoms with Crippen molar-refractivity contribution in [1.29, 1.82) is 0 Å². The van der Waals surface area contributed by atoms with Crippen molar-refractivity contribution in [3.63, 3.8) is 0 Å². The highest BCUT2D eigenvalue weighted by Gasteiger charge is 2.17. The average Bonchev–Trinajstić information content (AvgIpc) is 3.41. The number of nitrogens with zero attached hydrogens (tertiary/aromatic N) is 4. The van der Waals surface area contributed by atoms with Crippen LogP contribution in [0.15, 0.2) is 119 Å². The molecule has 4 aromatic carbocycles. The predicted molar refractivity (Wildman–Crippen MR) is 153 cm³/mol. The molecule has 0 aliphatic carbocycles. The van der Waals surface area contributed by atoms with E-state index in [1.54, 1.807) is 13.3 Å². The zero-order valence-corrected chi connectivity index (χ0v) is 21.9. The van der Waals surface area contributed by atoms with E-state index in [1.165, 1.54) is 11.8 Å². The number of hydrazone groups is 1. The molecule has 0 saturated heterocycles. The number of rotatable bonds is 10. The molecule has 0 spiro atoms. The lowest BCUT2D eigenvalue weighted by Crippen LogP contribution is -2.20. The van der Waals surface area contributed by atoms with Crippen molar-refractivity contribution >= 4 is 23.9 Å². The number of amides is 1. The summed E-state index contributed by atoms with van der Waals surface area (Å²) in [5.41, 5.74) is 5.15. The summed E-state index contributed by atoms with van der Waals surface area (Å²) in [6.45, 7) is 0. The molecule has 5 rings (SSSR count). The lowest BCUT2D eigenvalue weighted by Gasteiger charge is -2.10. The molecule has 0 atom stereocenters. The van der Waals surface area contributed by atoms with Crippen LogP contribution in [0.5, 0.6) is 17.2 Å². The van der Waals surface area contributed by atoms with Gasteiger partial charge < -0.3 is 9.47 Å². The first-order valence-electron chi connectivity index (χ1n) is 12.1. The minimum absolute atomic E-state index is 0.113. The van der Waals surface area contributed by atoms with Gasteiger partial charge in [0.25, 0.3) is 5.91 Å². The van der Waals surface area contributed by atoms with Gasteiger partial charge in [-0.25, -0.2) is 5.43 Å². The lowest BCUT2D eigenvalue weighted by molar-refractivity contribution is -0.118. The van der Waals surface area contributed by atoms with Crippen LogP contribution in [0.25, 0.3) is 17.1 Å². The van der Waals surface area contributed by atoms with E-state index < -0.39 is 0 Å². The van der Waals surface area contributed by atoms with Gasteiger partial charge in [0, 0.05) is 11.3 Å². The van der Waals surface area contributed by atoms with Crippen molar-refractivity contribution < 1.29 is 14.3 Å². The Morgan fingerprint density at radius 1 is 0.872 bits per heavy atom. The largest absolute Gasteiger partial charge is 0.497 e. The summed E-state index contributed by atoms with van der Waals surface area (Å²) < 4.78 is 13.1. The number of ether oxygens (including phenoxy) is 2. The van der Waals surface area contributed by atoms with Crippen molar-refractivity contribution in [1.82, 2.24) is 20.2 Å². The molecule has 8 nitrogen and oxygen atoms in total. The summed E-state index contributed by atoms with van der Waals surface area (Å²) in [6, 6.07) is 34.4. The van der Waals surface area contributed by atoms with Crippen LogP contribution in [0.2, 0.25) is 0 Å². The van der Waals surface area contributed by atoms with Crippen molar-refractivity contribution in [3.05, 3.63) is 115 Å². The van der Waals surface area contributed by atoms with Crippen LogP contribution in [0, 0.1) is 0 Å². The Bertz CT molecular complexity index is 1560. The first-order chi connectivity index (χ1) is 19.2.